The quantitative estimate of drug-likeness (QED) is 0.766. The summed E-state index contributed by atoms with van der Waals surface area (Å²) in [4.78, 5) is 16.8. The van der Waals surface area contributed by atoms with Crippen LogP contribution >= 0.6 is 0 Å². The van der Waals surface area contributed by atoms with E-state index in [0.29, 0.717) is 31.6 Å². The molecule has 7 nitrogen and oxygen atoms in total. The van der Waals surface area contributed by atoms with Gasteiger partial charge in [-0.3, -0.25) is 4.79 Å². The molecule has 0 atom stereocenters. The number of sulfonamides is 1. The molecule has 1 saturated carbocycles. The van der Waals surface area contributed by atoms with Crippen molar-refractivity contribution in [3.8, 4) is 11.5 Å². The summed E-state index contributed by atoms with van der Waals surface area (Å²) in [6.07, 6.45) is 5.81. The van der Waals surface area contributed by atoms with Gasteiger partial charge in [0.05, 0.1) is 11.4 Å². The van der Waals surface area contributed by atoms with Gasteiger partial charge in [-0.2, -0.15) is 0 Å². The summed E-state index contributed by atoms with van der Waals surface area (Å²) < 4.78 is 32.1. The predicted molar refractivity (Wildman–Crippen MR) is 108 cm³/mol. The number of nitrogens with one attached hydrogen (secondary N) is 2. The van der Waals surface area contributed by atoms with Crippen LogP contribution in [-0.4, -0.2) is 30.6 Å². The van der Waals surface area contributed by atoms with Crippen LogP contribution in [0.3, 0.4) is 0 Å². The molecule has 1 aliphatic rings. The van der Waals surface area contributed by atoms with Crippen molar-refractivity contribution >= 4 is 21.6 Å². The Bertz CT molecular complexity index is 915. The molecule has 1 heterocycles. The molecule has 0 radical (unpaired) electrons. The lowest BCUT2D eigenvalue weighted by atomic mass is 9.86. The summed E-state index contributed by atoms with van der Waals surface area (Å²) in [6, 6.07) is 5.57. The van der Waals surface area contributed by atoms with Crippen LogP contribution in [-0.2, 0) is 14.8 Å². The molecule has 0 aliphatic heterocycles. The molecule has 1 amide bonds. The number of carbonyl (C=O) groups excluding carboxylic acids is 1. The number of aryl methyl sites for hydroxylation is 1. The van der Waals surface area contributed by atoms with Crippen LogP contribution in [0, 0.1) is 12.8 Å². The van der Waals surface area contributed by atoms with Crippen LogP contribution in [0.15, 0.2) is 35.1 Å². The molecular formula is C20H27N3O4S. The topological polar surface area (TPSA) is 101 Å². The van der Waals surface area contributed by atoms with Gasteiger partial charge < -0.3 is 9.73 Å². The maximum atomic E-state index is 12.7. The number of carbonyl (C=O) groups is 1. The lowest BCUT2D eigenvalue weighted by Crippen LogP contribution is -2.42. The second-order valence-electron chi connectivity index (χ2n) is 7.62. The summed E-state index contributed by atoms with van der Waals surface area (Å²) in [6.45, 7) is 5.26. The number of hydrogen-bond donors (Lipinski definition) is 2. The van der Waals surface area contributed by atoms with Crippen LogP contribution in [0.4, 0.5) is 5.69 Å². The molecule has 2 N–H and O–H groups in total. The molecule has 152 valence electrons. The van der Waals surface area contributed by atoms with Gasteiger partial charge in [0.1, 0.15) is 6.26 Å². The van der Waals surface area contributed by atoms with E-state index < -0.39 is 15.3 Å². The molecule has 0 bridgehead atoms. The Morgan fingerprint density at radius 2 is 1.93 bits per heavy atom. The maximum absolute atomic E-state index is 12.7. The molecular weight excluding hydrogens is 378 g/mol. The number of benzene rings is 1. The van der Waals surface area contributed by atoms with Crippen molar-refractivity contribution in [1.82, 2.24) is 9.71 Å². The van der Waals surface area contributed by atoms with Gasteiger partial charge in [-0.1, -0.05) is 0 Å². The van der Waals surface area contributed by atoms with E-state index in [-0.39, 0.29) is 17.9 Å². The second kappa shape index (κ2) is 8.45. The van der Waals surface area contributed by atoms with Crippen molar-refractivity contribution in [2.45, 2.75) is 57.7 Å². The monoisotopic (exact) mass is 405 g/mol. The molecule has 3 rings (SSSR count). The first kappa shape index (κ1) is 20.5. The molecule has 1 aromatic carbocycles. The smallest absolute Gasteiger partial charge is 0.227 e. The van der Waals surface area contributed by atoms with E-state index in [1.54, 1.807) is 20.0 Å². The zero-order chi connectivity index (χ0) is 20.3. The number of nitrogens with zero attached hydrogens (tertiary/aromatic N) is 1. The molecule has 1 fully saturated rings. The first-order valence-corrected chi connectivity index (χ1v) is 11.1. The highest BCUT2D eigenvalue weighted by Gasteiger charge is 2.29. The largest absolute Gasteiger partial charge is 0.445 e. The normalized spacial score (nSPS) is 20.3. The van der Waals surface area contributed by atoms with E-state index in [2.05, 4.69) is 15.0 Å². The van der Waals surface area contributed by atoms with Gasteiger partial charge >= 0.3 is 0 Å². The summed E-state index contributed by atoms with van der Waals surface area (Å²) in [5, 5.41) is 2.56. The average molecular weight is 406 g/mol. The minimum Gasteiger partial charge on any atom is -0.445 e. The molecule has 0 saturated heterocycles. The first-order chi connectivity index (χ1) is 13.3. The Kier molecular flexibility index (Phi) is 6.20. The van der Waals surface area contributed by atoms with E-state index in [0.717, 1.165) is 16.8 Å². The lowest BCUT2D eigenvalue weighted by Gasteiger charge is -2.29. The van der Waals surface area contributed by atoms with Crippen molar-refractivity contribution in [1.29, 1.82) is 0 Å². The van der Waals surface area contributed by atoms with Gasteiger partial charge in [0.25, 0.3) is 0 Å². The SMILES string of the molecule is Cc1cc(-c2ncco2)ccc1NC(=O)[C@H]1CC[C@H](NS(=O)(=O)C(C)C)CC1. The fraction of sp³-hybridized carbons (Fsp3) is 0.500. The molecule has 28 heavy (non-hydrogen) atoms. The highest BCUT2D eigenvalue weighted by atomic mass is 32.2. The summed E-state index contributed by atoms with van der Waals surface area (Å²) in [7, 11) is -3.28. The summed E-state index contributed by atoms with van der Waals surface area (Å²) in [5.41, 5.74) is 2.56. The number of hydrogen-bond acceptors (Lipinski definition) is 5. The van der Waals surface area contributed by atoms with E-state index in [9.17, 15) is 13.2 Å². The van der Waals surface area contributed by atoms with Gasteiger partial charge in [-0.25, -0.2) is 18.1 Å². The van der Waals surface area contributed by atoms with Crippen molar-refractivity contribution in [3.63, 3.8) is 0 Å². The molecule has 1 aromatic heterocycles. The first-order valence-electron chi connectivity index (χ1n) is 9.59. The van der Waals surface area contributed by atoms with Gasteiger partial charge in [0.15, 0.2) is 0 Å². The number of oxazole rings is 1. The number of amides is 1. The van der Waals surface area contributed by atoms with Crippen molar-refractivity contribution < 1.29 is 17.6 Å². The fourth-order valence-corrected chi connectivity index (χ4v) is 4.35. The van der Waals surface area contributed by atoms with Crippen molar-refractivity contribution in [2.24, 2.45) is 5.92 Å². The van der Waals surface area contributed by atoms with E-state index >= 15 is 0 Å². The zero-order valence-electron chi connectivity index (χ0n) is 16.4. The third kappa shape index (κ3) is 4.80. The van der Waals surface area contributed by atoms with Crippen LogP contribution < -0.4 is 10.0 Å². The van der Waals surface area contributed by atoms with E-state index in [4.69, 9.17) is 4.42 Å². The third-order valence-corrected chi connectivity index (χ3v) is 7.12. The molecule has 0 unspecified atom stereocenters. The summed E-state index contributed by atoms with van der Waals surface area (Å²) >= 11 is 0. The van der Waals surface area contributed by atoms with Gasteiger partial charge in [0, 0.05) is 23.2 Å². The van der Waals surface area contributed by atoms with Gasteiger partial charge in [-0.15, -0.1) is 0 Å². The number of anilines is 1. The number of rotatable bonds is 6. The molecule has 0 spiro atoms. The Labute approximate surface area is 166 Å². The third-order valence-electron chi connectivity index (χ3n) is 5.21. The Morgan fingerprint density at radius 3 is 2.50 bits per heavy atom. The lowest BCUT2D eigenvalue weighted by molar-refractivity contribution is -0.120. The maximum Gasteiger partial charge on any atom is 0.227 e. The van der Waals surface area contributed by atoms with Crippen LogP contribution in [0.1, 0.15) is 45.1 Å². The summed E-state index contributed by atoms with van der Waals surface area (Å²) in [5.74, 6) is 0.422. The van der Waals surface area contributed by atoms with Crippen LogP contribution in [0.25, 0.3) is 11.5 Å². The van der Waals surface area contributed by atoms with Gasteiger partial charge in [0.2, 0.25) is 21.8 Å². The number of aromatic nitrogens is 1. The van der Waals surface area contributed by atoms with Crippen LogP contribution in [0.5, 0.6) is 0 Å². The second-order valence-corrected chi connectivity index (χ2v) is 9.88. The molecule has 8 heteroatoms. The minimum absolute atomic E-state index is 0.0165. The van der Waals surface area contributed by atoms with Crippen molar-refractivity contribution in [2.75, 3.05) is 5.32 Å². The van der Waals surface area contributed by atoms with E-state index in [1.165, 1.54) is 6.26 Å². The van der Waals surface area contributed by atoms with E-state index in [1.807, 2.05) is 25.1 Å². The predicted octanol–water partition coefficient (Wildman–Crippen LogP) is 3.48. The highest BCUT2D eigenvalue weighted by molar-refractivity contribution is 7.90. The Balaban J connectivity index is 1.56. The zero-order valence-corrected chi connectivity index (χ0v) is 17.3. The van der Waals surface area contributed by atoms with Crippen LogP contribution in [0.2, 0.25) is 0 Å². The Hall–Kier alpha value is -2.19. The minimum atomic E-state index is -3.28. The van der Waals surface area contributed by atoms with Crippen molar-refractivity contribution in [3.05, 3.63) is 36.2 Å². The standard InChI is InChI=1S/C20H27N3O4S/c1-13(2)28(25,26)23-17-7-4-15(5-8-17)19(24)22-18-9-6-16(12-14(18)3)20-21-10-11-27-20/h6,9-13,15,17,23H,4-5,7-8H2,1-3H3,(H,22,24)/t15-,17-. The van der Waals surface area contributed by atoms with Gasteiger partial charge in [-0.05, 0) is 70.2 Å². The highest BCUT2D eigenvalue weighted by Crippen LogP contribution is 2.28. The average Bonchev–Trinajstić information content (AvgIpc) is 3.18. The Morgan fingerprint density at radius 1 is 1.21 bits per heavy atom. The molecule has 2 aromatic rings. The fourth-order valence-electron chi connectivity index (χ4n) is 3.38. The molecule has 1 aliphatic carbocycles.